The average molecular weight is 196 g/mol. The fraction of sp³-hybridized carbons (Fsp3) is 0.375. The zero-order valence-electron chi connectivity index (χ0n) is 7.77. The van der Waals surface area contributed by atoms with Gasteiger partial charge >= 0.3 is 0 Å². The van der Waals surface area contributed by atoms with Gasteiger partial charge in [0, 0.05) is 18.3 Å². The predicted molar refractivity (Wildman–Crippen MR) is 50.0 cm³/mol. The van der Waals surface area contributed by atoms with Crippen molar-refractivity contribution in [3.8, 4) is 0 Å². The Morgan fingerprint density at radius 3 is 3.07 bits per heavy atom. The van der Waals surface area contributed by atoms with Crippen molar-refractivity contribution in [2.45, 2.75) is 19.6 Å². The van der Waals surface area contributed by atoms with Crippen molar-refractivity contribution in [1.82, 2.24) is 15.3 Å². The lowest BCUT2D eigenvalue weighted by atomic mass is 10.3. The molecule has 4 N–H and O–H groups in total. The highest BCUT2D eigenvalue weighted by atomic mass is 16.3. The molecule has 0 aliphatic heterocycles. The average Bonchev–Trinajstić information content (AvgIpc) is 2.16. The molecular formula is C8H12N4O2. The minimum atomic E-state index is -1.03. The Labute approximate surface area is 81.2 Å². The van der Waals surface area contributed by atoms with Gasteiger partial charge in [0.15, 0.2) is 0 Å². The van der Waals surface area contributed by atoms with Gasteiger partial charge in [0.2, 0.25) is 5.91 Å². The smallest absolute Gasteiger partial charge is 0.248 e. The maximum absolute atomic E-state index is 11.0. The van der Waals surface area contributed by atoms with Crippen LogP contribution in [0.2, 0.25) is 0 Å². The van der Waals surface area contributed by atoms with Crippen LogP contribution in [0.25, 0.3) is 0 Å². The SMILES string of the molecule is C[C@H](O)C(=O)NCc1cncnc1N. The predicted octanol–water partition coefficient (Wildman–Crippen LogP) is -0.944. The molecule has 0 unspecified atom stereocenters. The first-order chi connectivity index (χ1) is 6.61. The third-order valence-electron chi connectivity index (χ3n) is 1.66. The Kier molecular flexibility index (Phi) is 3.35. The van der Waals surface area contributed by atoms with E-state index in [2.05, 4.69) is 15.3 Å². The fourth-order valence-corrected chi connectivity index (χ4v) is 0.834. The number of aliphatic hydroxyl groups excluding tert-OH is 1. The van der Waals surface area contributed by atoms with Gasteiger partial charge in [-0.2, -0.15) is 0 Å². The number of nitrogens with two attached hydrogens (primary N) is 1. The molecule has 0 bridgehead atoms. The molecule has 1 aromatic heterocycles. The molecule has 1 rings (SSSR count). The second kappa shape index (κ2) is 4.52. The van der Waals surface area contributed by atoms with Crippen molar-refractivity contribution in [3.63, 3.8) is 0 Å². The molecule has 1 atom stereocenters. The quantitative estimate of drug-likeness (QED) is 0.579. The number of amides is 1. The summed E-state index contributed by atoms with van der Waals surface area (Å²) in [6, 6.07) is 0. The van der Waals surface area contributed by atoms with Crippen molar-refractivity contribution in [3.05, 3.63) is 18.1 Å². The topological polar surface area (TPSA) is 101 Å². The first-order valence-corrected chi connectivity index (χ1v) is 4.11. The van der Waals surface area contributed by atoms with E-state index in [0.717, 1.165) is 0 Å². The number of hydrogen-bond acceptors (Lipinski definition) is 5. The highest BCUT2D eigenvalue weighted by Crippen LogP contribution is 2.03. The van der Waals surface area contributed by atoms with Crippen molar-refractivity contribution in [2.75, 3.05) is 5.73 Å². The number of nitrogens with one attached hydrogen (secondary N) is 1. The van der Waals surface area contributed by atoms with E-state index in [0.29, 0.717) is 11.4 Å². The lowest BCUT2D eigenvalue weighted by molar-refractivity contribution is -0.128. The van der Waals surface area contributed by atoms with E-state index in [1.165, 1.54) is 19.4 Å². The molecule has 76 valence electrons. The van der Waals surface area contributed by atoms with Gasteiger partial charge in [0.05, 0.1) is 0 Å². The van der Waals surface area contributed by atoms with Gasteiger partial charge in [0.1, 0.15) is 18.2 Å². The Balaban J connectivity index is 2.54. The highest BCUT2D eigenvalue weighted by Gasteiger charge is 2.08. The van der Waals surface area contributed by atoms with Crippen LogP contribution in [0.3, 0.4) is 0 Å². The molecule has 14 heavy (non-hydrogen) atoms. The second-order valence-electron chi connectivity index (χ2n) is 2.83. The van der Waals surface area contributed by atoms with E-state index in [1.807, 2.05) is 0 Å². The number of hydrogen-bond donors (Lipinski definition) is 3. The van der Waals surface area contributed by atoms with Crippen LogP contribution in [0.15, 0.2) is 12.5 Å². The van der Waals surface area contributed by atoms with E-state index in [-0.39, 0.29) is 6.54 Å². The second-order valence-corrected chi connectivity index (χ2v) is 2.83. The van der Waals surface area contributed by atoms with Crippen molar-refractivity contribution >= 4 is 11.7 Å². The molecule has 6 heteroatoms. The van der Waals surface area contributed by atoms with Crippen LogP contribution >= 0.6 is 0 Å². The summed E-state index contributed by atoms with van der Waals surface area (Å²) in [5, 5.41) is 11.4. The lowest BCUT2D eigenvalue weighted by Crippen LogP contribution is -2.32. The Hall–Kier alpha value is -1.69. The number of aliphatic hydroxyl groups is 1. The van der Waals surface area contributed by atoms with Crippen molar-refractivity contribution in [2.24, 2.45) is 0 Å². The van der Waals surface area contributed by atoms with Crippen LogP contribution in [0, 0.1) is 0 Å². The standard InChI is InChI=1S/C8H12N4O2/c1-5(13)8(14)11-3-6-2-10-4-12-7(6)9/h2,4-5,13H,3H2,1H3,(H,11,14)(H2,9,10,12)/t5-/m0/s1. The number of nitrogens with zero attached hydrogens (tertiary/aromatic N) is 2. The Morgan fingerprint density at radius 2 is 2.50 bits per heavy atom. The van der Waals surface area contributed by atoms with Crippen LogP contribution in [-0.4, -0.2) is 27.1 Å². The summed E-state index contributed by atoms with van der Waals surface area (Å²) in [4.78, 5) is 18.5. The van der Waals surface area contributed by atoms with Gasteiger partial charge in [0.25, 0.3) is 0 Å². The first-order valence-electron chi connectivity index (χ1n) is 4.11. The van der Waals surface area contributed by atoms with E-state index >= 15 is 0 Å². The van der Waals surface area contributed by atoms with Gasteiger partial charge in [-0.1, -0.05) is 0 Å². The number of anilines is 1. The van der Waals surface area contributed by atoms with Crippen LogP contribution < -0.4 is 11.1 Å². The zero-order valence-corrected chi connectivity index (χ0v) is 7.77. The first kappa shape index (κ1) is 10.4. The van der Waals surface area contributed by atoms with Gasteiger partial charge in [-0.3, -0.25) is 4.79 Å². The third-order valence-corrected chi connectivity index (χ3v) is 1.66. The van der Waals surface area contributed by atoms with Crippen LogP contribution in [0.5, 0.6) is 0 Å². The number of rotatable bonds is 3. The summed E-state index contributed by atoms with van der Waals surface area (Å²) in [6.45, 7) is 1.61. The largest absolute Gasteiger partial charge is 0.384 e. The van der Waals surface area contributed by atoms with E-state index in [1.54, 1.807) is 0 Å². The molecule has 0 aromatic carbocycles. The van der Waals surface area contributed by atoms with Gasteiger partial charge in [-0.25, -0.2) is 9.97 Å². The maximum Gasteiger partial charge on any atom is 0.248 e. The Bertz CT molecular complexity index is 327. The molecule has 0 saturated carbocycles. The highest BCUT2D eigenvalue weighted by molar-refractivity contribution is 5.80. The van der Waals surface area contributed by atoms with E-state index in [9.17, 15) is 4.79 Å². The molecular weight excluding hydrogens is 184 g/mol. The Morgan fingerprint density at radius 1 is 1.79 bits per heavy atom. The monoisotopic (exact) mass is 196 g/mol. The molecule has 0 radical (unpaired) electrons. The third kappa shape index (κ3) is 2.67. The molecule has 1 amide bonds. The maximum atomic E-state index is 11.0. The zero-order chi connectivity index (χ0) is 10.6. The summed E-state index contributed by atoms with van der Waals surface area (Å²) >= 11 is 0. The molecule has 0 spiro atoms. The van der Waals surface area contributed by atoms with Gasteiger partial charge in [-0.15, -0.1) is 0 Å². The molecule has 6 nitrogen and oxygen atoms in total. The minimum Gasteiger partial charge on any atom is -0.384 e. The van der Waals surface area contributed by atoms with Crippen LogP contribution in [0.1, 0.15) is 12.5 Å². The summed E-state index contributed by atoms with van der Waals surface area (Å²) in [6.07, 6.45) is 1.82. The summed E-state index contributed by atoms with van der Waals surface area (Å²) in [7, 11) is 0. The van der Waals surface area contributed by atoms with E-state index < -0.39 is 12.0 Å². The number of aromatic nitrogens is 2. The summed E-state index contributed by atoms with van der Waals surface area (Å²) < 4.78 is 0. The number of carbonyl (C=O) groups excluding carboxylic acids is 1. The van der Waals surface area contributed by atoms with Gasteiger partial charge in [-0.05, 0) is 6.92 Å². The molecule has 0 saturated heterocycles. The molecule has 0 aliphatic carbocycles. The van der Waals surface area contributed by atoms with Crippen LogP contribution in [0.4, 0.5) is 5.82 Å². The molecule has 0 aliphatic rings. The van der Waals surface area contributed by atoms with E-state index in [4.69, 9.17) is 10.8 Å². The molecule has 0 fully saturated rings. The van der Waals surface area contributed by atoms with Gasteiger partial charge < -0.3 is 16.2 Å². The number of nitrogen functional groups attached to an aromatic ring is 1. The van der Waals surface area contributed by atoms with Crippen LogP contribution in [-0.2, 0) is 11.3 Å². The molecule has 1 aromatic rings. The number of carbonyl (C=O) groups is 1. The summed E-state index contributed by atoms with van der Waals surface area (Å²) in [5.74, 6) is -0.126. The minimum absolute atomic E-state index is 0.219. The van der Waals surface area contributed by atoms with Crippen molar-refractivity contribution < 1.29 is 9.90 Å². The summed E-state index contributed by atoms with van der Waals surface area (Å²) in [5.41, 5.74) is 6.14. The fourth-order valence-electron chi connectivity index (χ4n) is 0.834. The lowest BCUT2D eigenvalue weighted by Gasteiger charge is -2.07. The normalized spacial score (nSPS) is 12.1. The van der Waals surface area contributed by atoms with Crippen molar-refractivity contribution in [1.29, 1.82) is 0 Å². The molecule has 1 heterocycles.